The van der Waals surface area contributed by atoms with Crippen LogP contribution < -0.4 is 5.32 Å². The fourth-order valence-electron chi connectivity index (χ4n) is 2.66. The van der Waals surface area contributed by atoms with E-state index in [9.17, 15) is 9.59 Å². The topological polar surface area (TPSA) is 88.5 Å². The number of hydrogen-bond donors (Lipinski definition) is 2. The molecule has 0 aliphatic carbocycles. The Labute approximate surface area is 143 Å². The van der Waals surface area contributed by atoms with E-state index in [0.29, 0.717) is 4.88 Å². The van der Waals surface area contributed by atoms with Crippen LogP contribution in [0.5, 0.6) is 0 Å². The maximum atomic E-state index is 12.5. The zero-order valence-electron chi connectivity index (χ0n) is 13.0. The largest absolute Gasteiger partial charge is 0.481 e. The molecule has 0 spiro atoms. The molecule has 2 N–H and O–H groups in total. The van der Waals surface area contributed by atoms with E-state index in [1.54, 1.807) is 12.1 Å². The SMILES string of the molecule is O=C(O)CC(NC(=O)c1cnc(C2CCCO2)s1)c1ccccc1. The summed E-state index contributed by atoms with van der Waals surface area (Å²) in [4.78, 5) is 28.3. The molecule has 0 radical (unpaired) electrons. The van der Waals surface area contributed by atoms with Crippen LogP contribution in [0.25, 0.3) is 0 Å². The Bertz CT molecular complexity index is 710. The minimum atomic E-state index is -0.964. The van der Waals surface area contributed by atoms with E-state index in [1.165, 1.54) is 17.5 Å². The summed E-state index contributed by atoms with van der Waals surface area (Å²) >= 11 is 1.30. The second-order valence-corrected chi connectivity index (χ2v) is 6.66. The second kappa shape index (κ2) is 7.55. The van der Waals surface area contributed by atoms with E-state index >= 15 is 0 Å². The average Bonchev–Trinajstić information content (AvgIpc) is 3.25. The number of thiazole rings is 1. The number of aliphatic carboxylic acids is 1. The van der Waals surface area contributed by atoms with Crippen molar-refractivity contribution in [3.05, 3.63) is 52.0 Å². The molecule has 6 nitrogen and oxygen atoms in total. The van der Waals surface area contributed by atoms with E-state index in [2.05, 4.69) is 10.3 Å². The van der Waals surface area contributed by atoms with Crippen LogP contribution in [0.15, 0.2) is 36.5 Å². The zero-order chi connectivity index (χ0) is 16.9. The predicted molar refractivity (Wildman–Crippen MR) is 88.9 cm³/mol. The van der Waals surface area contributed by atoms with Gasteiger partial charge in [-0.1, -0.05) is 30.3 Å². The number of carboxylic acids is 1. The molecule has 1 aromatic heterocycles. The molecule has 126 valence electrons. The summed E-state index contributed by atoms with van der Waals surface area (Å²) in [5.41, 5.74) is 0.761. The molecule has 3 rings (SSSR count). The molecular formula is C17H18N2O4S. The van der Waals surface area contributed by atoms with Gasteiger partial charge in [-0.25, -0.2) is 4.98 Å². The van der Waals surface area contributed by atoms with Crippen molar-refractivity contribution in [3.63, 3.8) is 0 Å². The van der Waals surface area contributed by atoms with E-state index < -0.39 is 12.0 Å². The fourth-order valence-corrected chi connectivity index (χ4v) is 3.56. The minimum Gasteiger partial charge on any atom is -0.481 e. The molecular weight excluding hydrogens is 328 g/mol. The lowest BCUT2D eigenvalue weighted by molar-refractivity contribution is -0.137. The number of nitrogens with zero attached hydrogens (tertiary/aromatic N) is 1. The summed E-state index contributed by atoms with van der Waals surface area (Å²) < 4.78 is 5.57. The van der Waals surface area contributed by atoms with Gasteiger partial charge < -0.3 is 15.2 Å². The van der Waals surface area contributed by atoms with Crippen LogP contribution in [-0.4, -0.2) is 28.6 Å². The molecule has 1 aromatic carbocycles. The number of rotatable bonds is 6. The molecule has 24 heavy (non-hydrogen) atoms. The third-order valence-corrected chi connectivity index (χ3v) is 4.93. The Balaban J connectivity index is 1.72. The van der Waals surface area contributed by atoms with Crippen molar-refractivity contribution >= 4 is 23.2 Å². The van der Waals surface area contributed by atoms with Crippen LogP contribution in [0.3, 0.4) is 0 Å². The third-order valence-electron chi connectivity index (χ3n) is 3.84. The Kier molecular flexibility index (Phi) is 5.22. The number of benzene rings is 1. The summed E-state index contributed by atoms with van der Waals surface area (Å²) in [7, 11) is 0. The first-order valence-corrected chi connectivity index (χ1v) is 8.60. The summed E-state index contributed by atoms with van der Waals surface area (Å²) in [6, 6.07) is 8.51. The van der Waals surface area contributed by atoms with Crippen molar-refractivity contribution < 1.29 is 19.4 Å². The van der Waals surface area contributed by atoms with Crippen molar-refractivity contribution in [2.45, 2.75) is 31.4 Å². The molecule has 2 heterocycles. The van der Waals surface area contributed by atoms with Crippen LogP contribution in [0.2, 0.25) is 0 Å². The van der Waals surface area contributed by atoms with Gasteiger partial charge in [0.2, 0.25) is 0 Å². The number of amides is 1. The van der Waals surface area contributed by atoms with Gasteiger partial charge in [0.05, 0.1) is 18.7 Å². The molecule has 0 saturated carbocycles. The number of carbonyl (C=O) groups excluding carboxylic acids is 1. The Morgan fingerprint density at radius 3 is 2.83 bits per heavy atom. The van der Waals surface area contributed by atoms with Gasteiger partial charge in [0, 0.05) is 6.61 Å². The first-order valence-electron chi connectivity index (χ1n) is 7.78. The van der Waals surface area contributed by atoms with Crippen molar-refractivity contribution in [1.29, 1.82) is 0 Å². The number of carbonyl (C=O) groups is 2. The number of aromatic nitrogens is 1. The van der Waals surface area contributed by atoms with E-state index in [4.69, 9.17) is 9.84 Å². The Morgan fingerprint density at radius 1 is 1.38 bits per heavy atom. The lowest BCUT2D eigenvalue weighted by atomic mass is 10.0. The molecule has 1 aliphatic heterocycles. The molecule has 1 fully saturated rings. The molecule has 7 heteroatoms. The maximum absolute atomic E-state index is 12.5. The molecule has 1 amide bonds. The van der Waals surface area contributed by atoms with Gasteiger partial charge in [-0.3, -0.25) is 9.59 Å². The molecule has 0 bridgehead atoms. The van der Waals surface area contributed by atoms with Crippen molar-refractivity contribution in [2.75, 3.05) is 6.61 Å². The molecule has 1 saturated heterocycles. The summed E-state index contributed by atoms with van der Waals surface area (Å²) in [5, 5.41) is 12.7. The van der Waals surface area contributed by atoms with Gasteiger partial charge >= 0.3 is 5.97 Å². The summed E-state index contributed by atoms with van der Waals surface area (Å²) in [5.74, 6) is -1.28. The highest BCUT2D eigenvalue weighted by atomic mass is 32.1. The van der Waals surface area contributed by atoms with Crippen LogP contribution in [-0.2, 0) is 9.53 Å². The highest BCUT2D eigenvalue weighted by molar-refractivity contribution is 7.13. The number of hydrogen-bond acceptors (Lipinski definition) is 5. The third kappa shape index (κ3) is 3.98. The van der Waals surface area contributed by atoms with Crippen LogP contribution in [0.4, 0.5) is 0 Å². The lowest BCUT2D eigenvalue weighted by Gasteiger charge is -2.16. The highest BCUT2D eigenvalue weighted by Crippen LogP contribution is 2.31. The minimum absolute atomic E-state index is 0.0273. The maximum Gasteiger partial charge on any atom is 0.305 e. The van der Waals surface area contributed by atoms with Crippen LogP contribution in [0, 0.1) is 0 Å². The summed E-state index contributed by atoms with van der Waals surface area (Å²) in [6.07, 6.45) is 3.24. The van der Waals surface area contributed by atoms with E-state index in [-0.39, 0.29) is 18.4 Å². The summed E-state index contributed by atoms with van der Waals surface area (Å²) in [6.45, 7) is 0.723. The van der Waals surface area contributed by atoms with Crippen LogP contribution >= 0.6 is 11.3 Å². The zero-order valence-corrected chi connectivity index (χ0v) is 13.8. The lowest BCUT2D eigenvalue weighted by Crippen LogP contribution is -2.29. The monoisotopic (exact) mass is 346 g/mol. The Morgan fingerprint density at radius 2 is 2.17 bits per heavy atom. The average molecular weight is 346 g/mol. The molecule has 2 unspecified atom stereocenters. The van der Waals surface area contributed by atoms with Gasteiger partial charge in [-0.15, -0.1) is 11.3 Å². The van der Waals surface area contributed by atoms with Gasteiger partial charge in [0.25, 0.3) is 5.91 Å². The van der Waals surface area contributed by atoms with Crippen molar-refractivity contribution in [1.82, 2.24) is 10.3 Å². The van der Waals surface area contributed by atoms with Gasteiger partial charge in [0.1, 0.15) is 16.0 Å². The first kappa shape index (κ1) is 16.6. The molecule has 1 aliphatic rings. The van der Waals surface area contributed by atoms with Gasteiger partial charge in [-0.05, 0) is 18.4 Å². The number of ether oxygens (including phenoxy) is 1. The van der Waals surface area contributed by atoms with Crippen LogP contribution in [0.1, 0.15) is 51.7 Å². The van der Waals surface area contributed by atoms with Crippen molar-refractivity contribution in [2.24, 2.45) is 0 Å². The predicted octanol–water partition coefficient (Wildman–Crippen LogP) is 2.94. The number of nitrogens with one attached hydrogen (secondary N) is 1. The fraction of sp³-hybridized carbons (Fsp3) is 0.353. The normalized spacial score (nSPS) is 18.2. The molecule has 2 atom stereocenters. The first-order chi connectivity index (χ1) is 11.6. The Hall–Kier alpha value is -2.25. The standard InChI is InChI=1S/C17H18N2O4S/c20-15(21)9-12(11-5-2-1-3-6-11)19-16(22)14-10-18-17(24-14)13-7-4-8-23-13/h1-3,5-6,10,12-13H,4,7-9H2,(H,19,22)(H,20,21). The molecule has 2 aromatic rings. The van der Waals surface area contributed by atoms with E-state index in [1.807, 2.05) is 18.2 Å². The number of carboxylic acid groups (broad SMARTS) is 1. The smallest absolute Gasteiger partial charge is 0.305 e. The van der Waals surface area contributed by atoms with Gasteiger partial charge in [0.15, 0.2) is 0 Å². The second-order valence-electron chi connectivity index (χ2n) is 5.60. The van der Waals surface area contributed by atoms with Crippen molar-refractivity contribution in [3.8, 4) is 0 Å². The highest BCUT2D eigenvalue weighted by Gasteiger charge is 2.24. The van der Waals surface area contributed by atoms with Gasteiger partial charge in [-0.2, -0.15) is 0 Å². The quantitative estimate of drug-likeness (QED) is 0.839. The van der Waals surface area contributed by atoms with E-state index in [0.717, 1.165) is 30.0 Å².